The van der Waals surface area contributed by atoms with E-state index in [1.54, 1.807) is 10.7 Å². The summed E-state index contributed by atoms with van der Waals surface area (Å²) < 4.78 is 15.0. The minimum atomic E-state index is -0.284. The van der Waals surface area contributed by atoms with Gasteiger partial charge in [-0.1, -0.05) is 30.3 Å². The maximum absolute atomic E-state index is 13.5. The number of para-hydroxylation sites is 1. The maximum Gasteiger partial charge on any atom is 0.239 e. The van der Waals surface area contributed by atoms with Crippen LogP contribution in [0.5, 0.6) is 0 Å². The minimum Gasteiger partial charge on any atom is -0.308 e. The summed E-state index contributed by atoms with van der Waals surface area (Å²) in [4.78, 5) is 14.8. The molecule has 0 spiro atoms. The molecule has 6 nitrogen and oxygen atoms in total. The summed E-state index contributed by atoms with van der Waals surface area (Å²) in [6.07, 6.45) is 3.48. The topological polar surface area (TPSA) is 74.0 Å². The van der Waals surface area contributed by atoms with Crippen LogP contribution in [0, 0.1) is 17.1 Å². The normalized spacial score (nSPS) is 13.3. The van der Waals surface area contributed by atoms with Crippen LogP contribution in [-0.2, 0) is 11.3 Å². The Bertz CT molecular complexity index is 1050. The highest BCUT2D eigenvalue weighted by Gasteiger charge is 2.30. The summed E-state index contributed by atoms with van der Waals surface area (Å²) in [5.41, 5.74) is 1.88. The molecule has 7 heteroatoms. The van der Waals surface area contributed by atoms with Crippen molar-refractivity contribution < 1.29 is 9.18 Å². The smallest absolute Gasteiger partial charge is 0.239 e. The molecule has 0 bridgehead atoms. The van der Waals surface area contributed by atoms with Crippen LogP contribution < -0.4 is 5.32 Å². The van der Waals surface area contributed by atoms with E-state index in [0.29, 0.717) is 24.0 Å². The highest BCUT2D eigenvalue weighted by molar-refractivity contribution is 5.93. The van der Waals surface area contributed by atoms with Crippen molar-refractivity contribution in [2.45, 2.75) is 25.4 Å². The fraction of sp³-hybridized carbons (Fsp3) is 0.227. The summed E-state index contributed by atoms with van der Waals surface area (Å²) in [6.45, 7) is 0.658. The van der Waals surface area contributed by atoms with Gasteiger partial charge in [-0.2, -0.15) is 10.4 Å². The van der Waals surface area contributed by atoms with Crippen LogP contribution in [0.3, 0.4) is 0 Å². The summed E-state index contributed by atoms with van der Waals surface area (Å²) in [5, 5.41) is 16.5. The van der Waals surface area contributed by atoms with Gasteiger partial charge in [0.25, 0.3) is 0 Å². The number of hydrogen-bond acceptors (Lipinski definition) is 4. The van der Waals surface area contributed by atoms with Gasteiger partial charge in [-0.3, -0.25) is 9.69 Å². The van der Waals surface area contributed by atoms with Crippen LogP contribution in [0.2, 0.25) is 0 Å². The van der Waals surface area contributed by atoms with Crippen molar-refractivity contribution in [2.24, 2.45) is 0 Å². The molecule has 1 aliphatic carbocycles. The lowest BCUT2D eigenvalue weighted by atomic mass is 10.2. The minimum absolute atomic E-state index is 0.159. The molecule has 1 N–H and O–H groups in total. The quantitative estimate of drug-likeness (QED) is 0.671. The van der Waals surface area contributed by atoms with Crippen molar-refractivity contribution in [1.82, 2.24) is 14.7 Å². The maximum atomic E-state index is 13.5. The van der Waals surface area contributed by atoms with E-state index in [9.17, 15) is 14.4 Å². The van der Waals surface area contributed by atoms with Crippen LogP contribution in [-0.4, -0.2) is 33.2 Å². The monoisotopic (exact) mass is 389 g/mol. The lowest BCUT2D eigenvalue weighted by molar-refractivity contribution is -0.117. The number of carbonyl (C=O) groups is 1. The second kappa shape index (κ2) is 8.25. The van der Waals surface area contributed by atoms with Crippen LogP contribution in [0.4, 0.5) is 10.2 Å². The van der Waals surface area contributed by atoms with Gasteiger partial charge < -0.3 is 5.32 Å². The third kappa shape index (κ3) is 4.50. The number of anilines is 1. The van der Waals surface area contributed by atoms with E-state index in [0.717, 1.165) is 24.1 Å². The third-order valence-corrected chi connectivity index (χ3v) is 4.83. The molecular weight excluding hydrogens is 369 g/mol. The lowest BCUT2D eigenvalue weighted by Gasteiger charge is -2.21. The molecule has 1 amide bonds. The molecule has 29 heavy (non-hydrogen) atoms. The molecule has 1 aromatic heterocycles. The Morgan fingerprint density at radius 3 is 2.72 bits per heavy atom. The van der Waals surface area contributed by atoms with Crippen molar-refractivity contribution in [2.75, 3.05) is 11.9 Å². The molecular formula is C22H20FN5O. The molecule has 1 aliphatic rings. The fourth-order valence-corrected chi connectivity index (χ4v) is 3.30. The molecule has 0 aliphatic heterocycles. The van der Waals surface area contributed by atoms with Crippen LogP contribution in [0.1, 0.15) is 24.0 Å². The van der Waals surface area contributed by atoms with Gasteiger partial charge in [-0.05, 0) is 42.7 Å². The van der Waals surface area contributed by atoms with Gasteiger partial charge in [0.2, 0.25) is 5.91 Å². The summed E-state index contributed by atoms with van der Waals surface area (Å²) in [7, 11) is 0. The number of aromatic nitrogens is 2. The molecule has 146 valence electrons. The molecule has 2 aromatic carbocycles. The summed E-state index contributed by atoms with van der Waals surface area (Å²) >= 11 is 0. The molecule has 4 rings (SSSR count). The molecule has 1 heterocycles. The second-order valence-corrected chi connectivity index (χ2v) is 7.08. The van der Waals surface area contributed by atoms with Gasteiger partial charge in [-0.25, -0.2) is 9.07 Å². The van der Waals surface area contributed by atoms with Crippen LogP contribution >= 0.6 is 0 Å². The fourth-order valence-electron chi connectivity index (χ4n) is 3.30. The van der Waals surface area contributed by atoms with E-state index in [-0.39, 0.29) is 18.3 Å². The Kier molecular flexibility index (Phi) is 5.36. The molecule has 0 saturated heterocycles. The van der Waals surface area contributed by atoms with Crippen molar-refractivity contribution in [1.29, 1.82) is 5.26 Å². The Labute approximate surface area is 168 Å². The Morgan fingerprint density at radius 1 is 1.24 bits per heavy atom. The van der Waals surface area contributed by atoms with E-state index in [1.165, 1.54) is 18.3 Å². The molecule has 1 saturated carbocycles. The average Bonchev–Trinajstić information content (AvgIpc) is 3.49. The van der Waals surface area contributed by atoms with Gasteiger partial charge >= 0.3 is 0 Å². The van der Waals surface area contributed by atoms with Gasteiger partial charge in [0, 0.05) is 12.6 Å². The zero-order chi connectivity index (χ0) is 20.2. The Balaban J connectivity index is 1.50. The number of rotatable bonds is 7. The first kappa shape index (κ1) is 18.8. The number of hydrogen-bond donors (Lipinski definition) is 1. The van der Waals surface area contributed by atoms with E-state index in [2.05, 4.69) is 16.5 Å². The molecule has 0 unspecified atom stereocenters. The zero-order valence-electron chi connectivity index (χ0n) is 15.8. The number of benzene rings is 2. The predicted octanol–water partition coefficient (Wildman–Crippen LogP) is 3.49. The molecule has 1 fully saturated rings. The summed E-state index contributed by atoms with van der Waals surface area (Å²) in [6, 6.07) is 18.1. The van der Waals surface area contributed by atoms with E-state index < -0.39 is 0 Å². The van der Waals surface area contributed by atoms with Crippen molar-refractivity contribution >= 4 is 11.7 Å². The first-order chi connectivity index (χ1) is 14.1. The predicted molar refractivity (Wildman–Crippen MR) is 107 cm³/mol. The Hall–Kier alpha value is -3.50. The van der Waals surface area contributed by atoms with Gasteiger partial charge in [-0.15, -0.1) is 0 Å². The first-order valence-corrected chi connectivity index (χ1v) is 9.46. The number of amides is 1. The van der Waals surface area contributed by atoms with Crippen molar-refractivity contribution in [3.05, 3.63) is 77.7 Å². The average molecular weight is 389 g/mol. The number of nitrogens with one attached hydrogen (secondary N) is 1. The molecule has 3 aromatic rings. The van der Waals surface area contributed by atoms with Gasteiger partial charge in [0.15, 0.2) is 5.82 Å². The first-order valence-electron chi connectivity index (χ1n) is 9.46. The van der Waals surface area contributed by atoms with Crippen LogP contribution in [0.25, 0.3) is 5.69 Å². The van der Waals surface area contributed by atoms with E-state index in [4.69, 9.17) is 0 Å². The largest absolute Gasteiger partial charge is 0.308 e. The highest BCUT2D eigenvalue weighted by atomic mass is 19.1. The second-order valence-electron chi connectivity index (χ2n) is 7.08. The number of nitriles is 1. The van der Waals surface area contributed by atoms with Crippen LogP contribution in [0.15, 0.2) is 60.8 Å². The van der Waals surface area contributed by atoms with E-state index in [1.807, 2.05) is 41.3 Å². The lowest BCUT2D eigenvalue weighted by Crippen LogP contribution is -2.35. The molecule has 0 radical (unpaired) electrons. The standard InChI is InChI=1S/C22H20FN5O/c23-18-6-4-5-16(11-18)14-27(19-9-10-19)15-21(29)26-22-17(12-24)13-25-28(22)20-7-2-1-3-8-20/h1-8,11,13,19H,9-10,14-15H2,(H,26,29). The number of carbonyl (C=O) groups excluding carboxylic acids is 1. The number of nitrogens with zero attached hydrogens (tertiary/aromatic N) is 4. The SMILES string of the molecule is N#Cc1cnn(-c2ccccc2)c1NC(=O)CN(Cc1cccc(F)c1)C1CC1. The number of halogens is 1. The van der Waals surface area contributed by atoms with Gasteiger partial charge in [0.05, 0.1) is 18.4 Å². The highest BCUT2D eigenvalue weighted by Crippen LogP contribution is 2.28. The zero-order valence-corrected chi connectivity index (χ0v) is 15.8. The van der Waals surface area contributed by atoms with Gasteiger partial charge in [0.1, 0.15) is 17.4 Å². The molecule has 0 atom stereocenters. The third-order valence-electron chi connectivity index (χ3n) is 4.83. The summed E-state index contributed by atoms with van der Waals surface area (Å²) in [5.74, 6) is -0.166. The van der Waals surface area contributed by atoms with Crippen molar-refractivity contribution in [3.8, 4) is 11.8 Å². The Morgan fingerprint density at radius 2 is 2.03 bits per heavy atom. The van der Waals surface area contributed by atoms with Crippen molar-refractivity contribution in [3.63, 3.8) is 0 Å². The van der Waals surface area contributed by atoms with E-state index >= 15 is 0 Å².